The van der Waals surface area contributed by atoms with Crippen molar-refractivity contribution in [3.05, 3.63) is 35.6 Å². The number of amides is 2. The molecule has 28 heavy (non-hydrogen) atoms. The molecule has 0 aliphatic carbocycles. The number of benzene rings is 1. The molecule has 2 rings (SSSR count). The first-order valence-corrected chi connectivity index (χ1v) is 9.30. The number of esters is 1. The van der Waals surface area contributed by atoms with E-state index >= 15 is 0 Å². The van der Waals surface area contributed by atoms with Crippen LogP contribution in [-0.2, 0) is 25.6 Å². The van der Waals surface area contributed by atoms with E-state index in [0.717, 1.165) is 0 Å². The van der Waals surface area contributed by atoms with Gasteiger partial charge in [-0.05, 0) is 39.7 Å². The number of nitrogens with one attached hydrogen (secondary N) is 1. The molecule has 0 radical (unpaired) electrons. The Labute approximate surface area is 164 Å². The van der Waals surface area contributed by atoms with E-state index in [2.05, 4.69) is 5.32 Å². The van der Waals surface area contributed by atoms with E-state index in [4.69, 9.17) is 9.47 Å². The van der Waals surface area contributed by atoms with Crippen LogP contribution in [0.2, 0.25) is 0 Å². The summed E-state index contributed by atoms with van der Waals surface area (Å²) in [5.74, 6) is -1.73. The summed E-state index contributed by atoms with van der Waals surface area (Å²) in [6.07, 6.45) is 0.510. The van der Waals surface area contributed by atoms with Crippen molar-refractivity contribution in [2.45, 2.75) is 45.8 Å². The van der Waals surface area contributed by atoms with Crippen LogP contribution in [0.5, 0.6) is 0 Å². The maximum atomic E-state index is 13.5. The molecule has 8 heteroatoms. The molecule has 1 saturated heterocycles. The number of piperidine rings is 1. The SMILES string of the molecule is CC(C)(C)OC(=O)N1CCC(C(=O)OCC(=O)NCc2ccccc2F)CC1. The number of carbonyl (C=O) groups is 3. The number of nitrogens with zero attached hydrogens (tertiary/aromatic N) is 1. The molecule has 0 spiro atoms. The van der Waals surface area contributed by atoms with Gasteiger partial charge in [-0.2, -0.15) is 0 Å². The molecule has 1 aromatic rings. The molecule has 7 nitrogen and oxygen atoms in total. The van der Waals surface area contributed by atoms with E-state index in [9.17, 15) is 18.8 Å². The van der Waals surface area contributed by atoms with Crippen molar-refractivity contribution >= 4 is 18.0 Å². The topological polar surface area (TPSA) is 84.9 Å². The first-order chi connectivity index (χ1) is 13.2. The van der Waals surface area contributed by atoms with Gasteiger partial charge in [-0.1, -0.05) is 18.2 Å². The Bertz CT molecular complexity index is 709. The Balaban J connectivity index is 1.69. The quantitative estimate of drug-likeness (QED) is 0.776. The number of hydrogen-bond donors (Lipinski definition) is 1. The van der Waals surface area contributed by atoms with Gasteiger partial charge in [0.2, 0.25) is 0 Å². The zero-order chi connectivity index (χ0) is 20.7. The van der Waals surface area contributed by atoms with Crippen LogP contribution >= 0.6 is 0 Å². The molecular weight excluding hydrogens is 367 g/mol. The lowest BCUT2D eigenvalue weighted by atomic mass is 9.97. The monoisotopic (exact) mass is 394 g/mol. The van der Waals surface area contributed by atoms with E-state index in [-0.39, 0.29) is 12.5 Å². The highest BCUT2D eigenvalue weighted by molar-refractivity contribution is 5.81. The van der Waals surface area contributed by atoms with Crippen molar-refractivity contribution in [1.82, 2.24) is 10.2 Å². The van der Waals surface area contributed by atoms with Gasteiger partial charge >= 0.3 is 12.1 Å². The Hall–Kier alpha value is -2.64. The minimum Gasteiger partial charge on any atom is -0.455 e. The maximum absolute atomic E-state index is 13.5. The number of likely N-dealkylation sites (tertiary alicyclic amines) is 1. The predicted octanol–water partition coefficient (Wildman–Crippen LogP) is 2.63. The number of rotatable bonds is 5. The minimum absolute atomic E-state index is 0.0251. The molecule has 0 aromatic heterocycles. The lowest BCUT2D eigenvalue weighted by molar-refractivity contribution is -0.154. The van der Waals surface area contributed by atoms with Gasteiger partial charge in [0.15, 0.2) is 6.61 Å². The van der Waals surface area contributed by atoms with Gasteiger partial charge < -0.3 is 19.7 Å². The molecule has 0 atom stereocenters. The fraction of sp³-hybridized carbons (Fsp3) is 0.550. The van der Waals surface area contributed by atoms with Gasteiger partial charge in [-0.25, -0.2) is 9.18 Å². The normalized spacial score (nSPS) is 15.1. The summed E-state index contributed by atoms with van der Waals surface area (Å²) in [4.78, 5) is 37.5. The summed E-state index contributed by atoms with van der Waals surface area (Å²) in [5.41, 5.74) is -0.209. The fourth-order valence-corrected chi connectivity index (χ4v) is 2.77. The van der Waals surface area contributed by atoms with Crippen molar-refractivity contribution in [1.29, 1.82) is 0 Å². The summed E-state index contributed by atoms with van der Waals surface area (Å²) in [6, 6.07) is 6.12. The second kappa shape index (κ2) is 9.52. The molecule has 1 aliphatic heterocycles. The summed E-state index contributed by atoms with van der Waals surface area (Å²) in [7, 11) is 0. The standard InChI is InChI=1S/C20H27FN2O5/c1-20(2,3)28-19(26)23-10-8-14(9-11-23)18(25)27-13-17(24)22-12-15-6-4-5-7-16(15)21/h4-7,14H,8-13H2,1-3H3,(H,22,24). The molecule has 2 amide bonds. The van der Waals surface area contributed by atoms with E-state index in [0.29, 0.717) is 31.5 Å². The van der Waals surface area contributed by atoms with Crippen LogP contribution in [0.1, 0.15) is 39.2 Å². The number of ether oxygens (including phenoxy) is 2. The predicted molar refractivity (Wildman–Crippen MR) is 99.7 cm³/mol. The highest BCUT2D eigenvalue weighted by Crippen LogP contribution is 2.20. The van der Waals surface area contributed by atoms with Gasteiger partial charge in [-0.15, -0.1) is 0 Å². The van der Waals surface area contributed by atoms with Crippen molar-refractivity contribution in [3.63, 3.8) is 0 Å². The van der Waals surface area contributed by atoms with Crippen LogP contribution in [0.25, 0.3) is 0 Å². The lowest BCUT2D eigenvalue weighted by Crippen LogP contribution is -2.43. The Morgan fingerprint density at radius 1 is 1.18 bits per heavy atom. The Morgan fingerprint density at radius 2 is 1.82 bits per heavy atom. The van der Waals surface area contributed by atoms with E-state index in [1.54, 1.807) is 43.9 Å². The number of carbonyl (C=O) groups excluding carboxylic acids is 3. The van der Waals surface area contributed by atoms with Gasteiger partial charge in [0.1, 0.15) is 11.4 Å². The lowest BCUT2D eigenvalue weighted by Gasteiger charge is -2.32. The average Bonchev–Trinajstić information content (AvgIpc) is 2.64. The summed E-state index contributed by atoms with van der Waals surface area (Å²) in [5, 5.41) is 2.52. The fourth-order valence-electron chi connectivity index (χ4n) is 2.77. The maximum Gasteiger partial charge on any atom is 0.410 e. The molecule has 1 fully saturated rings. The van der Waals surface area contributed by atoms with E-state index in [1.165, 1.54) is 6.07 Å². The number of hydrogen-bond acceptors (Lipinski definition) is 5. The first-order valence-electron chi connectivity index (χ1n) is 9.30. The molecule has 0 saturated carbocycles. The van der Waals surface area contributed by atoms with Crippen LogP contribution in [0, 0.1) is 11.7 Å². The number of halogens is 1. The van der Waals surface area contributed by atoms with Gasteiger partial charge in [0, 0.05) is 25.2 Å². The van der Waals surface area contributed by atoms with Crippen molar-refractivity contribution in [2.75, 3.05) is 19.7 Å². The van der Waals surface area contributed by atoms with E-state index in [1.807, 2.05) is 0 Å². The van der Waals surface area contributed by atoms with Crippen LogP contribution in [0.4, 0.5) is 9.18 Å². The molecule has 1 aromatic carbocycles. The van der Waals surface area contributed by atoms with Crippen LogP contribution in [0.15, 0.2) is 24.3 Å². The van der Waals surface area contributed by atoms with Gasteiger partial charge in [-0.3, -0.25) is 9.59 Å². The summed E-state index contributed by atoms with van der Waals surface area (Å²) in [6.45, 7) is 5.80. The highest BCUT2D eigenvalue weighted by atomic mass is 19.1. The van der Waals surface area contributed by atoms with Crippen molar-refractivity contribution in [3.8, 4) is 0 Å². The highest BCUT2D eigenvalue weighted by Gasteiger charge is 2.30. The van der Waals surface area contributed by atoms with Gasteiger partial charge in [0.05, 0.1) is 5.92 Å². The van der Waals surface area contributed by atoms with Gasteiger partial charge in [0.25, 0.3) is 5.91 Å². The van der Waals surface area contributed by atoms with Crippen LogP contribution < -0.4 is 5.32 Å². The molecule has 0 unspecified atom stereocenters. The van der Waals surface area contributed by atoms with E-state index < -0.39 is 36.0 Å². The summed E-state index contributed by atoms with van der Waals surface area (Å²) >= 11 is 0. The van der Waals surface area contributed by atoms with Crippen LogP contribution in [-0.4, -0.2) is 48.2 Å². The third kappa shape index (κ3) is 6.83. The molecule has 0 bridgehead atoms. The molecule has 1 N–H and O–H groups in total. The molecule has 154 valence electrons. The Morgan fingerprint density at radius 3 is 2.43 bits per heavy atom. The smallest absolute Gasteiger partial charge is 0.410 e. The third-order valence-corrected chi connectivity index (χ3v) is 4.26. The van der Waals surface area contributed by atoms with Crippen molar-refractivity contribution in [2.24, 2.45) is 5.92 Å². The summed E-state index contributed by atoms with van der Waals surface area (Å²) < 4.78 is 23.9. The second-order valence-corrected chi connectivity index (χ2v) is 7.72. The largest absolute Gasteiger partial charge is 0.455 e. The minimum atomic E-state index is -0.567. The van der Waals surface area contributed by atoms with Crippen LogP contribution in [0.3, 0.4) is 0 Å². The van der Waals surface area contributed by atoms with Crippen molar-refractivity contribution < 1.29 is 28.2 Å². The zero-order valence-corrected chi connectivity index (χ0v) is 16.5. The second-order valence-electron chi connectivity index (χ2n) is 7.72. The molecular formula is C20H27FN2O5. The molecule has 1 heterocycles. The third-order valence-electron chi connectivity index (χ3n) is 4.26. The first kappa shape index (κ1) is 21.7. The zero-order valence-electron chi connectivity index (χ0n) is 16.5. The molecule has 1 aliphatic rings. The average molecular weight is 394 g/mol. The Kier molecular flexibility index (Phi) is 7.37.